The van der Waals surface area contributed by atoms with Gasteiger partial charge in [0.15, 0.2) is 36.4 Å². The van der Waals surface area contributed by atoms with Gasteiger partial charge in [0.1, 0.15) is 0 Å². The fourth-order valence-corrected chi connectivity index (χ4v) is 0.875. The van der Waals surface area contributed by atoms with E-state index in [9.17, 15) is 22.0 Å². The summed E-state index contributed by atoms with van der Waals surface area (Å²) >= 11 is 0. The number of halogens is 5. The SMILES string of the molecule is C[B]c1c(F)c(F)c(F)c(F)c1F. The van der Waals surface area contributed by atoms with Crippen molar-refractivity contribution < 1.29 is 22.0 Å². The van der Waals surface area contributed by atoms with Gasteiger partial charge in [0.25, 0.3) is 0 Å². The number of hydrogen-bond acceptors (Lipinski definition) is 0. The molecule has 1 rings (SSSR count). The van der Waals surface area contributed by atoms with Crippen LogP contribution in [0.25, 0.3) is 0 Å². The summed E-state index contributed by atoms with van der Waals surface area (Å²) in [5.74, 6) is -9.60. The molecular formula is C7H3BF5. The predicted octanol–water partition coefficient (Wildman–Crippen LogP) is 1.76. The molecule has 1 aromatic rings. The molecule has 0 spiro atoms. The van der Waals surface area contributed by atoms with Crippen molar-refractivity contribution in [2.45, 2.75) is 6.82 Å². The van der Waals surface area contributed by atoms with Crippen molar-refractivity contribution in [1.82, 2.24) is 0 Å². The maximum absolute atomic E-state index is 12.7. The molecule has 0 N–H and O–H groups in total. The van der Waals surface area contributed by atoms with Gasteiger partial charge in [-0.25, -0.2) is 22.0 Å². The van der Waals surface area contributed by atoms with Crippen molar-refractivity contribution in [2.24, 2.45) is 0 Å². The molecule has 0 unspecified atom stereocenters. The first-order chi connectivity index (χ1) is 6.00. The van der Waals surface area contributed by atoms with Gasteiger partial charge in [-0.05, 0) is 5.46 Å². The molecule has 0 atom stereocenters. The van der Waals surface area contributed by atoms with Crippen LogP contribution in [0.15, 0.2) is 0 Å². The summed E-state index contributed by atoms with van der Waals surface area (Å²) < 4.78 is 62.5. The van der Waals surface area contributed by atoms with E-state index in [0.717, 1.165) is 7.28 Å². The summed E-state index contributed by atoms with van der Waals surface area (Å²) in [6, 6.07) is 0. The molecule has 13 heavy (non-hydrogen) atoms. The fraction of sp³-hybridized carbons (Fsp3) is 0.143. The van der Waals surface area contributed by atoms with E-state index in [1.165, 1.54) is 6.82 Å². The summed E-state index contributed by atoms with van der Waals surface area (Å²) in [6.45, 7) is 1.18. The summed E-state index contributed by atoms with van der Waals surface area (Å²) in [6.07, 6.45) is 0. The molecule has 0 fully saturated rings. The van der Waals surface area contributed by atoms with E-state index in [4.69, 9.17) is 0 Å². The highest BCUT2D eigenvalue weighted by atomic mass is 19.2. The third-order valence-corrected chi connectivity index (χ3v) is 1.53. The number of rotatable bonds is 1. The van der Waals surface area contributed by atoms with Crippen molar-refractivity contribution >= 4 is 12.7 Å². The summed E-state index contributed by atoms with van der Waals surface area (Å²) in [5.41, 5.74) is -0.906. The second-order valence-corrected chi connectivity index (χ2v) is 2.27. The summed E-state index contributed by atoms with van der Waals surface area (Å²) in [7, 11) is 0.816. The third kappa shape index (κ3) is 1.40. The lowest BCUT2D eigenvalue weighted by Gasteiger charge is -2.04. The lowest BCUT2D eigenvalue weighted by molar-refractivity contribution is 0.384. The van der Waals surface area contributed by atoms with E-state index in [2.05, 4.69) is 0 Å². The van der Waals surface area contributed by atoms with Crippen LogP contribution >= 0.6 is 0 Å². The molecule has 0 nitrogen and oxygen atoms in total. The van der Waals surface area contributed by atoms with E-state index in [1.807, 2.05) is 0 Å². The Hall–Kier alpha value is -1.07. The summed E-state index contributed by atoms with van der Waals surface area (Å²) in [4.78, 5) is 0. The Morgan fingerprint density at radius 1 is 0.692 bits per heavy atom. The van der Waals surface area contributed by atoms with E-state index in [0.29, 0.717) is 0 Å². The van der Waals surface area contributed by atoms with Crippen LogP contribution in [0.3, 0.4) is 0 Å². The van der Waals surface area contributed by atoms with Gasteiger partial charge in [-0.2, -0.15) is 0 Å². The second-order valence-electron chi connectivity index (χ2n) is 2.27. The highest BCUT2D eigenvalue weighted by molar-refractivity contribution is 6.52. The van der Waals surface area contributed by atoms with Crippen LogP contribution in [-0.4, -0.2) is 7.28 Å². The lowest BCUT2D eigenvalue weighted by atomic mass is 9.72. The van der Waals surface area contributed by atoms with Crippen LogP contribution in [0.4, 0.5) is 22.0 Å². The molecule has 6 heteroatoms. The van der Waals surface area contributed by atoms with E-state index >= 15 is 0 Å². The number of hydrogen-bond donors (Lipinski definition) is 0. The van der Waals surface area contributed by atoms with Crippen molar-refractivity contribution in [1.29, 1.82) is 0 Å². The second kappa shape index (κ2) is 3.36. The van der Waals surface area contributed by atoms with Gasteiger partial charge >= 0.3 is 0 Å². The van der Waals surface area contributed by atoms with Crippen molar-refractivity contribution in [2.75, 3.05) is 0 Å². The standard InChI is InChI=1S/C7H3BF5/c1-8-2-3(9)5(11)7(13)6(12)4(2)10/h1H3. The van der Waals surface area contributed by atoms with E-state index in [1.54, 1.807) is 0 Å². The minimum atomic E-state index is -2.14. The molecule has 0 saturated heterocycles. The van der Waals surface area contributed by atoms with Crippen LogP contribution in [0.2, 0.25) is 6.82 Å². The molecule has 0 aromatic heterocycles. The zero-order chi connectivity index (χ0) is 10.2. The van der Waals surface area contributed by atoms with Crippen LogP contribution in [0.5, 0.6) is 0 Å². The Kier molecular flexibility index (Phi) is 2.59. The molecular weight excluding hydrogens is 190 g/mol. The topological polar surface area (TPSA) is 0 Å². The highest BCUT2D eigenvalue weighted by Gasteiger charge is 2.24. The molecule has 1 aromatic carbocycles. The third-order valence-electron chi connectivity index (χ3n) is 1.53. The maximum atomic E-state index is 12.7. The molecule has 0 aliphatic rings. The first-order valence-corrected chi connectivity index (χ1v) is 3.31. The Morgan fingerprint density at radius 3 is 1.31 bits per heavy atom. The maximum Gasteiger partial charge on any atom is 0.200 e. The van der Waals surface area contributed by atoms with E-state index < -0.39 is 34.5 Å². The lowest BCUT2D eigenvalue weighted by Crippen LogP contribution is -2.25. The Balaban J connectivity index is 3.56. The van der Waals surface area contributed by atoms with Crippen LogP contribution in [-0.2, 0) is 0 Å². The molecule has 0 aliphatic heterocycles. The Bertz CT molecular complexity index is 320. The quantitative estimate of drug-likeness (QED) is 0.276. The van der Waals surface area contributed by atoms with Gasteiger partial charge in [0.2, 0.25) is 0 Å². The van der Waals surface area contributed by atoms with Gasteiger partial charge in [-0.3, -0.25) is 0 Å². The van der Waals surface area contributed by atoms with Crippen molar-refractivity contribution in [3.8, 4) is 0 Å². The zero-order valence-corrected chi connectivity index (χ0v) is 6.47. The Morgan fingerprint density at radius 2 is 1.00 bits per heavy atom. The van der Waals surface area contributed by atoms with Gasteiger partial charge in [0.05, 0.1) is 0 Å². The predicted molar refractivity (Wildman–Crippen MR) is 37.5 cm³/mol. The first-order valence-electron chi connectivity index (χ1n) is 3.31. The van der Waals surface area contributed by atoms with Gasteiger partial charge in [-0.15, -0.1) is 0 Å². The molecule has 69 valence electrons. The molecule has 0 bridgehead atoms. The smallest absolute Gasteiger partial charge is 0.200 e. The number of benzene rings is 1. The van der Waals surface area contributed by atoms with Crippen molar-refractivity contribution in [3.63, 3.8) is 0 Å². The molecule has 0 aliphatic carbocycles. The fourth-order valence-electron chi connectivity index (χ4n) is 0.875. The highest BCUT2D eigenvalue weighted by Crippen LogP contribution is 2.15. The average Bonchev–Trinajstić information content (AvgIpc) is 2.13. The average molecular weight is 193 g/mol. The molecule has 0 amide bonds. The summed E-state index contributed by atoms with van der Waals surface area (Å²) in [5, 5.41) is 0. The van der Waals surface area contributed by atoms with Gasteiger partial charge < -0.3 is 0 Å². The molecule has 1 radical (unpaired) electrons. The monoisotopic (exact) mass is 193 g/mol. The van der Waals surface area contributed by atoms with Crippen LogP contribution in [0.1, 0.15) is 0 Å². The zero-order valence-electron chi connectivity index (χ0n) is 6.47. The Labute approximate surface area is 71.6 Å². The van der Waals surface area contributed by atoms with Crippen LogP contribution < -0.4 is 5.46 Å². The van der Waals surface area contributed by atoms with Crippen molar-refractivity contribution in [3.05, 3.63) is 29.1 Å². The minimum Gasteiger partial charge on any atom is -0.204 e. The van der Waals surface area contributed by atoms with E-state index in [-0.39, 0.29) is 0 Å². The van der Waals surface area contributed by atoms with Gasteiger partial charge in [0, 0.05) is 0 Å². The largest absolute Gasteiger partial charge is 0.204 e. The molecule has 0 saturated carbocycles. The normalized spacial score (nSPS) is 10.3. The first kappa shape index (κ1) is 10.0. The minimum absolute atomic E-state index is 0.816. The molecule has 0 heterocycles. The van der Waals surface area contributed by atoms with Crippen LogP contribution in [0, 0.1) is 29.1 Å². The van der Waals surface area contributed by atoms with Gasteiger partial charge in [-0.1, -0.05) is 6.82 Å².